The van der Waals surface area contributed by atoms with Gasteiger partial charge in [-0.15, -0.1) is 0 Å². The van der Waals surface area contributed by atoms with E-state index in [1.807, 2.05) is 50.3 Å². The van der Waals surface area contributed by atoms with E-state index in [-0.39, 0.29) is 0 Å². The molecule has 3 N–H and O–H groups in total. The van der Waals surface area contributed by atoms with E-state index in [2.05, 4.69) is 18.5 Å². The molecule has 1 aromatic carbocycles. The molecular formula is C20H25N3. The maximum atomic E-state index is 7.53. The largest absolute Gasteiger partial charge is 0.404 e. The highest BCUT2D eigenvalue weighted by Gasteiger charge is 2.11. The van der Waals surface area contributed by atoms with Gasteiger partial charge in [0.1, 0.15) is 0 Å². The van der Waals surface area contributed by atoms with Crippen LogP contribution in [-0.4, -0.2) is 19.0 Å². The van der Waals surface area contributed by atoms with Crippen LogP contribution < -0.4 is 5.73 Å². The molecule has 0 radical (unpaired) electrons. The lowest BCUT2D eigenvalue weighted by molar-refractivity contribution is 1.38. The first-order valence-corrected chi connectivity index (χ1v) is 7.49. The lowest BCUT2D eigenvalue weighted by Gasteiger charge is -2.15. The van der Waals surface area contributed by atoms with Gasteiger partial charge in [0.2, 0.25) is 0 Å². The summed E-state index contributed by atoms with van der Waals surface area (Å²) in [5, 5.41) is 7.53. The first-order chi connectivity index (χ1) is 11.0. The lowest BCUT2D eigenvalue weighted by atomic mass is 9.90. The van der Waals surface area contributed by atoms with E-state index < -0.39 is 0 Å². The molecule has 0 aliphatic heterocycles. The summed E-state index contributed by atoms with van der Waals surface area (Å²) in [6.07, 6.45) is 10.7. The van der Waals surface area contributed by atoms with Gasteiger partial charge >= 0.3 is 0 Å². The summed E-state index contributed by atoms with van der Waals surface area (Å²) >= 11 is 0. The van der Waals surface area contributed by atoms with Crippen LogP contribution in [0.3, 0.4) is 0 Å². The first kappa shape index (κ1) is 18.4. The number of nitrogens with one attached hydrogen (secondary N) is 1. The summed E-state index contributed by atoms with van der Waals surface area (Å²) < 4.78 is 0. The normalized spacial score (nSPS) is 13.0. The minimum absolute atomic E-state index is 0.697. The predicted octanol–water partition coefficient (Wildman–Crippen LogP) is 4.64. The number of nitrogens with two attached hydrogens (primary N) is 1. The van der Waals surface area contributed by atoms with Gasteiger partial charge in [0.05, 0.1) is 0 Å². The zero-order valence-corrected chi connectivity index (χ0v) is 14.4. The number of hydrogen-bond acceptors (Lipinski definition) is 3. The zero-order valence-electron chi connectivity index (χ0n) is 14.4. The molecule has 0 fully saturated rings. The Morgan fingerprint density at radius 1 is 1.26 bits per heavy atom. The molecule has 1 rings (SSSR count). The molecule has 0 unspecified atom stereocenters. The molecule has 0 amide bonds. The Bertz CT molecular complexity index is 717. The van der Waals surface area contributed by atoms with E-state index in [9.17, 15) is 0 Å². The standard InChI is InChI=1S/C20H25N3/c1-6-7-19-16(4)18(14(2)8-9-15(3)23-5)10-11-20(19)17(12-21)13-22/h6-13,21H,2,22H2,1,3-5H3/b7-6-,9-8-,17-13?,21-12?,23-15?. The van der Waals surface area contributed by atoms with Gasteiger partial charge < -0.3 is 11.1 Å². The van der Waals surface area contributed by atoms with E-state index in [4.69, 9.17) is 11.1 Å². The van der Waals surface area contributed by atoms with Gasteiger partial charge in [0.15, 0.2) is 0 Å². The Kier molecular flexibility index (Phi) is 6.94. The van der Waals surface area contributed by atoms with Gasteiger partial charge in [-0.3, -0.25) is 4.99 Å². The molecule has 0 atom stereocenters. The molecule has 0 spiro atoms. The zero-order chi connectivity index (χ0) is 17.4. The molecule has 1 aromatic rings. The summed E-state index contributed by atoms with van der Waals surface area (Å²) in [6, 6.07) is 4.01. The fourth-order valence-electron chi connectivity index (χ4n) is 2.31. The third kappa shape index (κ3) is 4.39. The van der Waals surface area contributed by atoms with Gasteiger partial charge in [-0.1, -0.05) is 36.9 Å². The van der Waals surface area contributed by atoms with Crippen molar-refractivity contribution >= 4 is 29.1 Å². The van der Waals surface area contributed by atoms with Crippen molar-refractivity contribution in [1.29, 1.82) is 5.41 Å². The summed E-state index contributed by atoms with van der Waals surface area (Å²) in [4.78, 5) is 4.11. The van der Waals surface area contributed by atoms with E-state index >= 15 is 0 Å². The second-order valence-corrected chi connectivity index (χ2v) is 5.19. The summed E-state index contributed by atoms with van der Waals surface area (Å²) in [7, 11) is 1.77. The second-order valence-electron chi connectivity index (χ2n) is 5.19. The average molecular weight is 307 g/mol. The van der Waals surface area contributed by atoms with Crippen molar-refractivity contribution in [2.24, 2.45) is 10.7 Å². The Morgan fingerprint density at radius 2 is 1.91 bits per heavy atom. The van der Waals surface area contributed by atoms with Crippen LogP contribution in [0.15, 0.2) is 48.1 Å². The molecule has 0 aromatic heterocycles. The lowest BCUT2D eigenvalue weighted by Crippen LogP contribution is -1.99. The van der Waals surface area contributed by atoms with Crippen LogP contribution in [-0.2, 0) is 0 Å². The summed E-state index contributed by atoms with van der Waals surface area (Å²) in [5.74, 6) is 0. The molecule has 23 heavy (non-hydrogen) atoms. The number of allylic oxidation sites excluding steroid dienone is 5. The van der Waals surface area contributed by atoms with Gasteiger partial charge in [-0.25, -0.2) is 0 Å². The van der Waals surface area contributed by atoms with E-state index in [0.29, 0.717) is 5.57 Å². The molecule has 0 saturated heterocycles. The molecule has 0 heterocycles. The van der Waals surface area contributed by atoms with Crippen LogP contribution in [0.4, 0.5) is 0 Å². The van der Waals surface area contributed by atoms with E-state index in [1.165, 1.54) is 12.4 Å². The molecule has 0 aliphatic carbocycles. The highest BCUT2D eigenvalue weighted by molar-refractivity contribution is 6.10. The first-order valence-electron chi connectivity index (χ1n) is 7.49. The molecular weight excluding hydrogens is 282 g/mol. The number of hydrogen-bond donors (Lipinski definition) is 2. The highest BCUT2D eigenvalue weighted by Crippen LogP contribution is 2.29. The Labute approximate surface area is 139 Å². The molecule has 3 nitrogen and oxygen atoms in total. The van der Waals surface area contributed by atoms with Crippen LogP contribution in [0, 0.1) is 12.3 Å². The maximum Gasteiger partial charge on any atom is 0.0314 e. The number of nitrogens with zero attached hydrogens (tertiary/aromatic N) is 1. The monoisotopic (exact) mass is 307 g/mol. The Morgan fingerprint density at radius 3 is 2.43 bits per heavy atom. The van der Waals surface area contributed by atoms with Crippen molar-refractivity contribution in [3.05, 3.63) is 65.4 Å². The van der Waals surface area contributed by atoms with Crippen molar-refractivity contribution in [3.8, 4) is 0 Å². The van der Waals surface area contributed by atoms with Gasteiger partial charge in [0, 0.05) is 30.7 Å². The van der Waals surface area contributed by atoms with Crippen LogP contribution in [0.1, 0.15) is 36.1 Å². The van der Waals surface area contributed by atoms with Crippen molar-refractivity contribution < 1.29 is 0 Å². The van der Waals surface area contributed by atoms with E-state index in [1.54, 1.807) is 7.05 Å². The molecule has 3 heteroatoms. The number of rotatable bonds is 6. The fraction of sp³-hybridized carbons (Fsp3) is 0.200. The average Bonchev–Trinajstić information content (AvgIpc) is 2.56. The van der Waals surface area contributed by atoms with Crippen molar-refractivity contribution in [1.82, 2.24) is 0 Å². The minimum Gasteiger partial charge on any atom is -0.404 e. The van der Waals surface area contributed by atoms with Gasteiger partial charge in [-0.05, 0) is 54.7 Å². The van der Waals surface area contributed by atoms with Crippen molar-refractivity contribution in [3.63, 3.8) is 0 Å². The van der Waals surface area contributed by atoms with Crippen LogP contribution in [0.25, 0.3) is 17.2 Å². The van der Waals surface area contributed by atoms with Gasteiger partial charge in [0.25, 0.3) is 0 Å². The third-order valence-electron chi connectivity index (χ3n) is 3.72. The molecule has 120 valence electrons. The third-order valence-corrected chi connectivity index (χ3v) is 3.72. The van der Waals surface area contributed by atoms with Crippen LogP contribution in [0.2, 0.25) is 0 Å². The van der Waals surface area contributed by atoms with E-state index in [0.717, 1.165) is 33.5 Å². The number of aliphatic imine (C=N–C) groups is 1. The highest BCUT2D eigenvalue weighted by atomic mass is 14.7. The Balaban J connectivity index is 3.44. The topological polar surface area (TPSA) is 62.2 Å². The molecule has 0 bridgehead atoms. The smallest absolute Gasteiger partial charge is 0.0314 e. The van der Waals surface area contributed by atoms with Gasteiger partial charge in [-0.2, -0.15) is 0 Å². The summed E-state index contributed by atoms with van der Waals surface area (Å²) in [6.45, 7) is 10.1. The fourth-order valence-corrected chi connectivity index (χ4v) is 2.31. The Hall–Kier alpha value is -2.68. The van der Waals surface area contributed by atoms with Crippen LogP contribution in [0.5, 0.6) is 0 Å². The number of benzene rings is 1. The summed E-state index contributed by atoms with van der Waals surface area (Å²) in [5.41, 5.74) is 12.4. The predicted molar refractivity (Wildman–Crippen MR) is 104 cm³/mol. The maximum absolute atomic E-state index is 7.53. The second kappa shape index (κ2) is 8.69. The van der Waals surface area contributed by atoms with Crippen LogP contribution >= 0.6 is 0 Å². The molecule has 0 saturated carbocycles. The SMILES string of the molecule is C=C(/C=C\C(C)=NC)c1ccc(C(C=N)=CN)c(/C=C\C)c1C. The quantitative estimate of drug-likeness (QED) is 0.584. The molecule has 0 aliphatic rings. The van der Waals surface area contributed by atoms with Crippen molar-refractivity contribution in [2.45, 2.75) is 20.8 Å². The minimum atomic E-state index is 0.697. The van der Waals surface area contributed by atoms with Crippen molar-refractivity contribution in [2.75, 3.05) is 7.05 Å².